The largest absolute Gasteiger partial charge is 0.350 e. The lowest BCUT2D eigenvalue weighted by Crippen LogP contribution is -2.26. The fourth-order valence-electron chi connectivity index (χ4n) is 1.85. The standard InChI is InChI=1S/C15H13N5OS/c21-14(19-6-4-11-3-1-2-5-17-11)13-10-22-15(20-13)12-9-16-7-8-18-12/h1-3,5,7-10H,4,6H2,(H,19,21). The SMILES string of the molecule is O=C(NCCc1ccccn1)c1csc(-c2cnccn2)n1. The first-order chi connectivity index (χ1) is 10.8. The van der Waals surface area contributed by atoms with Gasteiger partial charge < -0.3 is 5.32 Å². The van der Waals surface area contributed by atoms with Crippen molar-refractivity contribution in [3.63, 3.8) is 0 Å². The number of carbonyl (C=O) groups excluding carboxylic acids is 1. The van der Waals surface area contributed by atoms with Crippen LogP contribution in [0.15, 0.2) is 48.4 Å². The van der Waals surface area contributed by atoms with Gasteiger partial charge in [-0.15, -0.1) is 11.3 Å². The summed E-state index contributed by atoms with van der Waals surface area (Å²) < 4.78 is 0. The Kier molecular flexibility index (Phi) is 4.45. The Bertz CT molecular complexity index is 745. The number of nitrogens with one attached hydrogen (secondary N) is 1. The number of rotatable bonds is 5. The summed E-state index contributed by atoms with van der Waals surface area (Å²) in [7, 11) is 0. The molecule has 3 aromatic rings. The number of carbonyl (C=O) groups is 1. The molecular formula is C15H13N5OS. The third-order valence-electron chi connectivity index (χ3n) is 2.91. The molecule has 110 valence electrons. The molecule has 1 amide bonds. The Hall–Kier alpha value is -2.67. The van der Waals surface area contributed by atoms with Crippen molar-refractivity contribution in [3.05, 3.63) is 59.8 Å². The Labute approximate surface area is 131 Å². The molecule has 0 aliphatic rings. The predicted molar refractivity (Wildman–Crippen MR) is 83.4 cm³/mol. The molecule has 6 nitrogen and oxygen atoms in total. The van der Waals surface area contributed by atoms with Gasteiger partial charge in [0.2, 0.25) is 0 Å². The van der Waals surface area contributed by atoms with Gasteiger partial charge in [0.15, 0.2) is 0 Å². The van der Waals surface area contributed by atoms with Crippen molar-refractivity contribution in [3.8, 4) is 10.7 Å². The molecule has 3 rings (SSSR count). The molecule has 0 aromatic carbocycles. The van der Waals surface area contributed by atoms with Crippen LogP contribution in [0.5, 0.6) is 0 Å². The summed E-state index contributed by atoms with van der Waals surface area (Å²) in [6.07, 6.45) is 7.26. The lowest BCUT2D eigenvalue weighted by Gasteiger charge is -2.02. The van der Waals surface area contributed by atoms with Crippen molar-refractivity contribution in [1.82, 2.24) is 25.3 Å². The van der Waals surface area contributed by atoms with E-state index in [4.69, 9.17) is 0 Å². The van der Waals surface area contributed by atoms with Crippen LogP contribution >= 0.6 is 11.3 Å². The minimum atomic E-state index is -0.192. The first-order valence-corrected chi connectivity index (χ1v) is 7.61. The van der Waals surface area contributed by atoms with Crippen molar-refractivity contribution in [2.75, 3.05) is 6.54 Å². The second-order valence-electron chi connectivity index (χ2n) is 4.46. The second kappa shape index (κ2) is 6.86. The van der Waals surface area contributed by atoms with Gasteiger partial charge in [0.05, 0.1) is 6.20 Å². The van der Waals surface area contributed by atoms with Gasteiger partial charge in [-0.05, 0) is 12.1 Å². The molecule has 0 saturated carbocycles. The summed E-state index contributed by atoms with van der Waals surface area (Å²) in [5.41, 5.74) is 2.01. The van der Waals surface area contributed by atoms with E-state index in [1.54, 1.807) is 30.2 Å². The zero-order valence-corrected chi connectivity index (χ0v) is 12.5. The molecule has 0 bridgehead atoms. The van der Waals surface area contributed by atoms with Crippen LogP contribution in [-0.2, 0) is 6.42 Å². The van der Waals surface area contributed by atoms with Gasteiger partial charge in [0.1, 0.15) is 16.4 Å². The van der Waals surface area contributed by atoms with Crippen LogP contribution < -0.4 is 5.32 Å². The topological polar surface area (TPSA) is 80.7 Å². The van der Waals surface area contributed by atoms with E-state index in [9.17, 15) is 4.79 Å². The lowest BCUT2D eigenvalue weighted by molar-refractivity contribution is 0.0950. The highest BCUT2D eigenvalue weighted by atomic mass is 32.1. The monoisotopic (exact) mass is 311 g/mol. The molecule has 1 N–H and O–H groups in total. The van der Waals surface area contributed by atoms with Crippen molar-refractivity contribution >= 4 is 17.2 Å². The Morgan fingerprint density at radius 1 is 1.18 bits per heavy atom. The molecule has 0 spiro atoms. The van der Waals surface area contributed by atoms with Crippen molar-refractivity contribution < 1.29 is 4.79 Å². The van der Waals surface area contributed by atoms with Crippen molar-refractivity contribution in [2.45, 2.75) is 6.42 Å². The fraction of sp³-hybridized carbons (Fsp3) is 0.133. The molecule has 0 aliphatic carbocycles. The first kappa shape index (κ1) is 14.3. The Balaban J connectivity index is 1.58. The number of hydrogen-bond donors (Lipinski definition) is 1. The number of amides is 1. The highest BCUT2D eigenvalue weighted by Crippen LogP contribution is 2.20. The molecule has 0 unspecified atom stereocenters. The summed E-state index contributed by atoms with van der Waals surface area (Å²) in [4.78, 5) is 28.7. The van der Waals surface area contributed by atoms with E-state index in [2.05, 4.69) is 25.3 Å². The minimum Gasteiger partial charge on any atom is -0.350 e. The van der Waals surface area contributed by atoms with Crippen molar-refractivity contribution in [1.29, 1.82) is 0 Å². The molecule has 22 heavy (non-hydrogen) atoms. The average Bonchev–Trinajstić information content (AvgIpc) is 3.07. The molecule has 3 heterocycles. The molecule has 0 saturated heterocycles. The predicted octanol–water partition coefficient (Wildman–Crippen LogP) is 1.97. The van der Waals surface area contributed by atoms with E-state index in [0.29, 0.717) is 29.4 Å². The van der Waals surface area contributed by atoms with Gasteiger partial charge in [0.25, 0.3) is 5.91 Å². The van der Waals surface area contributed by atoms with Gasteiger partial charge in [-0.3, -0.25) is 19.7 Å². The van der Waals surface area contributed by atoms with Gasteiger partial charge in [-0.2, -0.15) is 0 Å². The summed E-state index contributed by atoms with van der Waals surface area (Å²) in [5, 5.41) is 5.25. The third kappa shape index (κ3) is 3.50. The van der Waals surface area contributed by atoms with Crippen LogP contribution in [-0.4, -0.2) is 32.4 Å². The molecule has 0 fully saturated rings. The Morgan fingerprint density at radius 3 is 2.91 bits per heavy atom. The lowest BCUT2D eigenvalue weighted by atomic mass is 10.2. The van der Waals surface area contributed by atoms with Gasteiger partial charge in [-0.25, -0.2) is 4.98 Å². The van der Waals surface area contributed by atoms with E-state index in [1.165, 1.54) is 11.3 Å². The van der Waals surface area contributed by atoms with Gasteiger partial charge >= 0.3 is 0 Å². The molecule has 7 heteroatoms. The third-order valence-corrected chi connectivity index (χ3v) is 3.78. The zero-order valence-electron chi connectivity index (χ0n) is 11.6. The van der Waals surface area contributed by atoms with Crippen molar-refractivity contribution in [2.24, 2.45) is 0 Å². The van der Waals surface area contributed by atoms with Crippen LogP contribution in [0.3, 0.4) is 0 Å². The van der Waals surface area contributed by atoms with E-state index in [0.717, 1.165) is 5.69 Å². The van der Waals surface area contributed by atoms with Crippen LogP contribution in [0.1, 0.15) is 16.2 Å². The highest BCUT2D eigenvalue weighted by Gasteiger charge is 2.12. The molecular weight excluding hydrogens is 298 g/mol. The number of aromatic nitrogens is 4. The minimum absolute atomic E-state index is 0.192. The van der Waals surface area contributed by atoms with E-state index >= 15 is 0 Å². The summed E-state index contributed by atoms with van der Waals surface area (Å²) in [6, 6.07) is 5.73. The van der Waals surface area contributed by atoms with E-state index in [-0.39, 0.29) is 5.91 Å². The van der Waals surface area contributed by atoms with Crippen LogP contribution in [0.25, 0.3) is 10.7 Å². The van der Waals surface area contributed by atoms with E-state index < -0.39 is 0 Å². The number of nitrogens with zero attached hydrogens (tertiary/aromatic N) is 4. The summed E-state index contributed by atoms with van der Waals surface area (Å²) >= 11 is 1.37. The van der Waals surface area contributed by atoms with E-state index in [1.807, 2.05) is 18.2 Å². The number of pyridine rings is 1. The van der Waals surface area contributed by atoms with Crippen LogP contribution in [0, 0.1) is 0 Å². The maximum absolute atomic E-state index is 12.1. The quantitative estimate of drug-likeness (QED) is 0.779. The Morgan fingerprint density at radius 2 is 2.14 bits per heavy atom. The zero-order chi connectivity index (χ0) is 15.2. The number of thiazole rings is 1. The van der Waals surface area contributed by atoms with Crippen LogP contribution in [0.4, 0.5) is 0 Å². The summed E-state index contributed by atoms with van der Waals surface area (Å²) in [5.74, 6) is -0.192. The first-order valence-electron chi connectivity index (χ1n) is 6.73. The average molecular weight is 311 g/mol. The fourth-order valence-corrected chi connectivity index (χ4v) is 2.61. The maximum Gasteiger partial charge on any atom is 0.270 e. The second-order valence-corrected chi connectivity index (χ2v) is 5.31. The molecule has 0 atom stereocenters. The normalized spacial score (nSPS) is 10.4. The van der Waals surface area contributed by atoms with Gasteiger partial charge in [-0.1, -0.05) is 6.07 Å². The smallest absolute Gasteiger partial charge is 0.270 e. The highest BCUT2D eigenvalue weighted by molar-refractivity contribution is 7.13. The molecule has 3 aromatic heterocycles. The summed E-state index contributed by atoms with van der Waals surface area (Å²) in [6.45, 7) is 0.522. The van der Waals surface area contributed by atoms with Gasteiger partial charge in [0, 0.05) is 42.6 Å². The molecule has 0 radical (unpaired) electrons. The number of hydrogen-bond acceptors (Lipinski definition) is 6. The maximum atomic E-state index is 12.1. The van der Waals surface area contributed by atoms with Crippen LogP contribution in [0.2, 0.25) is 0 Å². The molecule has 0 aliphatic heterocycles.